The van der Waals surface area contributed by atoms with E-state index in [9.17, 15) is 18.5 Å². The Morgan fingerprint density at radius 2 is 1.79 bits per heavy atom. The van der Waals surface area contributed by atoms with Crippen molar-refractivity contribution in [1.29, 1.82) is 0 Å². The maximum atomic E-state index is 12.6. The van der Waals surface area contributed by atoms with Crippen LogP contribution in [0.5, 0.6) is 5.75 Å². The molecule has 11 heteroatoms. The minimum absolute atomic E-state index is 0.0736. The molecule has 0 amide bonds. The molecule has 146 valence electrons. The Bertz CT molecular complexity index is 1080. The summed E-state index contributed by atoms with van der Waals surface area (Å²) < 4.78 is 36.5. The molecule has 28 heavy (non-hydrogen) atoms. The zero-order valence-corrected chi connectivity index (χ0v) is 15.8. The third-order valence-electron chi connectivity index (χ3n) is 3.93. The van der Waals surface area contributed by atoms with Gasteiger partial charge in [0.1, 0.15) is 5.75 Å². The highest BCUT2D eigenvalue weighted by molar-refractivity contribution is 7.89. The number of non-ortho nitro benzene ring substituents is 1. The van der Waals surface area contributed by atoms with Gasteiger partial charge in [0, 0.05) is 24.7 Å². The van der Waals surface area contributed by atoms with Gasteiger partial charge in [-0.25, -0.2) is 8.42 Å². The molecule has 0 radical (unpaired) electrons. The Kier molecular flexibility index (Phi) is 5.38. The highest BCUT2D eigenvalue weighted by Crippen LogP contribution is 2.22. The lowest BCUT2D eigenvalue weighted by Crippen LogP contribution is -2.26. The van der Waals surface area contributed by atoms with Crippen molar-refractivity contribution in [1.82, 2.24) is 14.4 Å². The summed E-state index contributed by atoms with van der Waals surface area (Å²) in [6, 6.07) is 11.6. The van der Waals surface area contributed by atoms with Crippen molar-refractivity contribution in [2.75, 3.05) is 14.2 Å². The van der Waals surface area contributed by atoms with Gasteiger partial charge in [0.25, 0.3) is 5.69 Å². The van der Waals surface area contributed by atoms with Crippen LogP contribution in [0.3, 0.4) is 0 Å². The largest absolute Gasteiger partial charge is 0.497 e. The van der Waals surface area contributed by atoms with E-state index in [-0.39, 0.29) is 23.0 Å². The number of aromatic nitrogens is 2. The summed E-state index contributed by atoms with van der Waals surface area (Å²) in [6.45, 7) is -0.150. The first-order valence-electron chi connectivity index (χ1n) is 7.99. The van der Waals surface area contributed by atoms with Crippen LogP contribution in [-0.2, 0) is 16.6 Å². The first-order chi connectivity index (χ1) is 13.3. The molecule has 0 unspecified atom stereocenters. The summed E-state index contributed by atoms with van der Waals surface area (Å²) in [6.07, 6.45) is 0. The lowest BCUT2D eigenvalue weighted by molar-refractivity contribution is -0.384. The van der Waals surface area contributed by atoms with E-state index in [4.69, 9.17) is 9.26 Å². The summed E-state index contributed by atoms with van der Waals surface area (Å²) in [7, 11) is -0.964. The van der Waals surface area contributed by atoms with Crippen LogP contribution in [0.2, 0.25) is 0 Å². The van der Waals surface area contributed by atoms with Crippen LogP contribution in [0.25, 0.3) is 11.4 Å². The molecule has 0 saturated carbocycles. The Morgan fingerprint density at radius 3 is 2.36 bits per heavy atom. The Hall–Kier alpha value is -3.31. The fourth-order valence-electron chi connectivity index (χ4n) is 2.37. The lowest BCUT2D eigenvalue weighted by Gasteiger charge is -2.14. The fourth-order valence-corrected chi connectivity index (χ4v) is 3.49. The molecule has 1 heterocycles. The molecule has 0 aliphatic carbocycles. The van der Waals surface area contributed by atoms with Crippen molar-refractivity contribution in [2.45, 2.75) is 11.4 Å². The van der Waals surface area contributed by atoms with Gasteiger partial charge >= 0.3 is 0 Å². The third-order valence-corrected chi connectivity index (χ3v) is 5.75. The van der Waals surface area contributed by atoms with Crippen LogP contribution in [-0.4, -0.2) is 41.9 Å². The van der Waals surface area contributed by atoms with Crippen molar-refractivity contribution in [2.24, 2.45) is 0 Å². The predicted molar refractivity (Wildman–Crippen MR) is 98.0 cm³/mol. The monoisotopic (exact) mass is 404 g/mol. The average Bonchev–Trinajstić information content (AvgIpc) is 3.16. The van der Waals surface area contributed by atoms with Crippen molar-refractivity contribution in [3.63, 3.8) is 0 Å². The van der Waals surface area contributed by atoms with Crippen molar-refractivity contribution in [3.8, 4) is 17.1 Å². The zero-order valence-electron chi connectivity index (χ0n) is 15.0. The second-order valence-corrected chi connectivity index (χ2v) is 7.80. The molecule has 1 aromatic heterocycles. The highest BCUT2D eigenvalue weighted by atomic mass is 32.2. The minimum Gasteiger partial charge on any atom is -0.497 e. The maximum absolute atomic E-state index is 12.6. The van der Waals surface area contributed by atoms with Crippen LogP contribution < -0.4 is 4.74 Å². The standard InChI is InChI=1S/C17H16N4O6S/c1-20(28(24,25)15-9-5-13(6-10-15)21(22)23)11-16-18-17(19-27-16)12-3-7-14(26-2)8-4-12/h3-10H,11H2,1-2H3. The van der Waals surface area contributed by atoms with Gasteiger partial charge in [-0.05, 0) is 36.4 Å². The van der Waals surface area contributed by atoms with Gasteiger partial charge in [0.2, 0.25) is 21.7 Å². The number of nitrogens with zero attached hydrogens (tertiary/aromatic N) is 4. The quantitative estimate of drug-likeness (QED) is 0.434. The smallest absolute Gasteiger partial charge is 0.269 e. The van der Waals surface area contributed by atoms with E-state index in [1.807, 2.05) is 0 Å². The molecule has 0 aliphatic heterocycles. The maximum Gasteiger partial charge on any atom is 0.269 e. The Morgan fingerprint density at radius 1 is 1.14 bits per heavy atom. The summed E-state index contributed by atoms with van der Waals surface area (Å²) in [4.78, 5) is 14.2. The molecule has 10 nitrogen and oxygen atoms in total. The van der Waals surface area contributed by atoms with Crippen molar-refractivity contribution in [3.05, 3.63) is 64.5 Å². The number of hydrogen-bond donors (Lipinski definition) is 0. The Labute approximate surface area is 160 Å². The van der Waals surface area contributed by atoms with Crippen molar-refractivity contribution < 1.29 is 22.6 Å². The van der Waals surface area contributed by atoms with Crippen LogP contribution in [0.15, 0.2) is 57.9 Å². The third kappa shape index (κ3) is 4.00. The van der Waals surface area contributed by atoms with Gasteiger partial charge in [-0.3, -0.25) is 10.1 Å². The molecular weight excluding hydrogens is 388 g/mol. The summed E-state index contributed by atoms with van der Waals surface area (Å²) in [5.41, 5.74) is 0.499. The van der Waals surface area contributed by atoms with Crippen LogP contribution in [0.1, 0.15) is 5.89 Å². The Balaban J connectivity index is 1.75. The van der Waals surface area contributed by atoms with E-state index in [1.54, 1.807) is 31.4 Å². The van der Waals surface area contributed by atoms with Crippen LogP contribution >= 0.6 is 0 Å². The van der Waals surface area contributed by atoms with Gasteiger partial charge < -0.3 is 9.26 Å². The predicted octanol–water partition coefficient (Wildman–Crippen LogP) is 2.47. The number of nitro groups is 1. The second kappa shape index (κ2) is 7.74. The molecule has 0 atom stereocenters. The van der Waals surface area contributed by atoms with Gasteiger partial charge in [0.15, 0.2) is 0 Å². The molecule has 0 aliphatic rings. The van der Waals surface area contributed by atoms with Crippen LogP contribution in [0, 0.1) is 10.1 Å². The summed E-state index contributed by atoms with van der Waals surface area (Å²) >= 11 is 0. The SMILES string of the molecule is COc1ccc(-c2noc(CN(C)S(=O)(=O)c3ccc([N+](=O)[O-])cc3)n2)cc1. The number of sulfonamides is 1. The molecule has 2 aromatic carbocycles. The number of benzene rings is 2. The molecule has 3 rings (SSSR count). The van der Waals surface area contributed by atoms with E-state index in [1.165, 1.54) is 19.2 Å². The van der Waals surface area contributed by atoms with Gasteiger partial charge in [-0.1, -0.05) is 5.16 Å². The molecule has 0 saturated heterocycles. The minimum atomic E-state index is -3.88. The zero-order chi connectivity index (χ0) is 20.3. The van der Waals surface area contributed by atoms with E-state index in [2.05, 4.69) is 10.1 Å². The topological polar surface area (TPSA) is 129 Å². The number of hydrogen-bond acceptors (Lipinski definition) is 8. The van der Waals surface area contributed by atoms with E-state index in [0.29, 0.717) is 17.1 Å². The highest BCUT2D eigenvalue weighted by Gasteiger charge is 2.24. The number of rotatable bonds is 7. The summed E-state index contributed by atoms with van der Waals surface area (Å²) in [5.74, 6) is 1.11. The van der Waals surface area contributed by atoms with E-state index in [0.717, 1.165) is 16.4 Å². The number of methoxy groups -OCH3 is 1. The summed E-state index contributed by atoms with van der Waals surface area (Å²) in [5, 5.41) is 14.6. The second-order valence-electron chi connectivity index (χ2n) is 5.75. The van der Waals surface area contributed by atoms with Gasteiger partial charge in [0.05, 0.1) is 23.5 Å². The molecule has 0 N–H and O–H groups in total. The van der Waals surface area contributed by atoms with Gasteiger partial charge in [-0.2, -0.15) is 9.29 Å². The van der Waals surface area contributed by atoms with Gasteiger partial charge in [-0.15, -0.1) is 0 Å². The molecular formula is C17H16N4O6S. The first kappa shape index (κ1) is 19.5. The molecule has 0 spiro atoms. The average molecular weight is 404 g/mol. The molecule has 0 bridgehead atoms. The van der Waals surface area contributed by atoms with Crippen LogP contribution in [0.4, 0.5) is 5.69 Å². The number of nitro benzene ring substituents is 1. The molecule has 3 aromatic rings. The van der Waals surface area contributed by atoms with E-state index < -0.39 is 14.9 Å². The first-order valence-corrected chi connectivity index (χ1v) is 9.43. The van der Waals surface area contributed by atoms with Crippen molar-refractivity contribution >= 4 is 15.7 Å². The van der Waals surface area contributed by atoms with E-state index >= 15 is 0 Å². The fraction of sp³-hybridized carbons (Fsp3) is 0.176. The number of ether oxygens (including phenoxy) is 1. The normalized spacial score (nSPS) is 11.5. The lowest BCUT2D eigenvalue weighted by atomic mass is 10.2. The molecule has 0 fully saturated rings.